The smallest absolute Gasteiger partial charge is 0.317 e. The van der Waals surface area contributed by atoms with Crippen molar-refractivity contribution in [2.75, 3.05) is 26.2 Å². The highest BCUT2D eigenvalue weighted by Gasteiger charge is 2.20. The van der Waals surface area contributed by atoms with E-state index in [2.05, 4.69) is 5.32 Å². The van der Waals surface area contributed by atoms with E-state index in [1.807, 2.05) is 31.2 Å². The molecule has 0 aromatic heterocycles. The highest BCUT2D eigenvalue weighted by Crippen LogP contribution is 2.14. The average molecular weight is 342 g/mol. The van der Waals surface area contributed by atoms with Gasteiger partial charge in [-0.25, -0.2) is 13.2 Å². The number of rotatable bonds is 7. The molecular weight excluding hydrogens is 316 g/mol. The number of methoxy groups -OCH3 is 1. The molecule has 0 saturated carbocycles. The number of carbonyl (C=O) groups is 1. The number of benzene rings is 1. The van der Waals surface area contributed by atoms with Crippen LogP contribution in [-0.4, -0.2) is 57.6 Å². The molecule has 0 aliphatic heterocycles. The van der Waals surface area contributed by atoms with Gasteiger partial charge in [-0.3, -0.25) is 0 Å². The molecule has 0 aliphatic rings. The van der Waals surface area contributed by atoms with Crippen molar-refractivity contribution in [3.05, 3.63) is 29.8 Å². The fraction of sp³-hybridized carbons (Fsp3) is 0.562. The summed E-state index contributed by atoms with van der Waals surface area (Å²) < 4.78 is 27.8. The van der Waals surface area contributed by atoms with Crippen molar-refractivity contribution in [2.45, 2.75) is 32.4 Å². The molecule has 0 spiro atoms. The average Bonchev–Trinajstić information content (AvgIpc) is 2.44. The Labute approximate surface area is 138 Å². The fourth-order valence-corrected chi connectivity index (χ4v) is 3.37. The zero-order chi connectivity index (χ0) is 17.6. The van der Waals surface area contributed by atoms with Gasteiger partial charge < -0.3 is 15.0 Å². The normalized spacial score (nSPS) is 14.0. The number of nitrogens with zero attached hydrogens (tertiary/aromatic N) is 1. The predicted octanol–water partition coefficient (Wildman–Crippen LogP) is 1.70. The number of sulfone groups is 1. The van der Waals surface area contributed by atoms with Crippen molar-refractivity contribution in [3.63, 3.8) is 0 Å². The van der Waals surface area contributed by atoms with Gasteiger partial charge in [0.2, 0.25) is 0 Å². The molecule has 2 unspecified atom stereocenters. The lowest BCUT2D eigenvalue weighted by Crippen LogP contribution is -2.48. The quantitative estimate of drug-likeness (QED) is 0.818. The van der Waals surface area contributed by atoms with E-state index < -0.39 is 9.84 Å². The van der Waals surface area contributed by atoms with E-state index in [0.29, 0.717) is 6.42 Å². The lowest BCUT2D eigenvalue weighted by atomic mass is 10.1. The molecule has 2 atom stereocenters. The molecule has 1 rings (SSSR count). The van der Waals surface area contributed by atoms with E-state index in [1.54, 1.807) is 21.1 Å². The summed E-state index contributed by atoms with van der Waals surface area (Å²) in [5.74, 6) is 0.723. The third-order valence-electron chi connectivity index (χ3n) is 3.57. The molecule has 0 radical (unpaired) electrons. The summed E-state index contributed by atoms with van der Waals surface area (Å²) in [5, 5.41) is 2.88. The van der Waals surface area contributed by atoms with Crippen LogP contribution in [0.1, 0.15) is 19.4 Å². The van der Waals surface area contributed by atoms with Gasteiger partial charge in [0, 0.05) is 25.4 Å². The van der Waals surface area contributed by atoms with Gasteiger partial charge in [0.15, 0.2) is 0 Å². The van der Waals surface area contributed by atoms with Gasteiger partial charge in [0.05, 0.1) is 12.9 Å². The maximum Gasteiger partial charge on any atom is 0.317 e. The van der Waals surface area contributed by atoms with E-state index >= 15 is 0 Å². The summed E-state index contributed by atoms with van der Waals surface area (Å²) in [7, 11) is 0.0920. The number of ether oxygens (including phenoxy) is 1. The van der Waals surface area contributed by atoms with Gasteiger partial charge in [-0.2, -0.15) is 0 Å². The SMILES string of the molecule is COc1cccc(CC(C)NC(=O)N(C)C(C)CS(C)(=O)=O)c1. The molecule has 1 N–H and O–H groups in total. The second-order valence-electron chi connectivity index (χ2n) is 5.96. The van der Waals surface area contributed by atoms with Crippen molar-refractivity contribution in [3.8, 4) is 5.75 Å². The molecule has 0 aliphatic carbocycles. The topological polar surface area (TPSA) is 75.7 Å². The Balaban J connectivity index is 2.58. The maximum atomic E-state index is 12.2. The maximum absolute atomic E-state index is 12.2. The number of nitrogens with one attached hydrogen (secondary N) is 1. The molecule has 2 amide bonds. The van der Waals surface area contributed by atoms with Crippen LogP contribution in [0, 0.1) is 0 Å². The van der Waals surface area contributed by atoms with Gasteiger partial charge >= 0.3 is 6.03 Å². The Kier molecular flexibility index (Phi) is 6.87. The van der Waals surface area contributed by atoms with E-state index in [-0.39, 0.29) is 23.9 Å². The molecule has 1 aromatic rings. The van der Waals surface area contributed by atoms with E-state index in [0.717, 1.165) is 11.3 Å². The van der Waals surface area contributed by atoms with Crippen molar-refractivity contribution < 1.29 is 17.9 Å². The third kappa shape index (κ3) is 6.90. The van der Waals surface area contributed by atoms with Crippen molar-refractivity contribution in [1.82, 2.24) is 10.2 Å². The summed E-state index contributed by atoms with van der Waals surface area (Å²) in [6.07, 6.45) is 1.83. The van der Waals surface area contributed by atoms with Crippen LogP contribution in [-0.2, 0) is 16.3 Å². The Morgan fingerprint density at radius 2 is 2.00 bits per heavy atom. The second kappa shape index (κ2) is 8.19. The zero-order valence-electron chi connectivity index (χ0n) is 14.4. The minimum atomic E-state index is -3.12. The molecule has 0 bridgehead atoms. The van der Waals surface area contributed by atoms with Crippen LogP contribution >= 0.6 is 0 Å². The van der Waals surface area contributed by atoms with E-state index in [9.17, 15) is 13.2 Å². The van der Waals surface area contributed by atoms with Crippen LogP contribution in [0.25, 0.3) is 0 Å². The van der Waals surface area contributed by atoms with Crippen LogP contribution in [0.4, 0.5) is 4.79 Å². The Bertz CT molecular complexity index is 631. The standard InChI is InChI=1S/C16H26N2O4S/c1-12(9-14-7-6-8-15(10-14)22-4)17-16(19)18(3)13(2)11-23(5,20)21/h6-8,10,12-13H,9,11H2,1-5H3,(H,17,19). The molecule has 7 heteroatoms. The lowest BCUT2D eigenvalue weighted by Gasteiger charge is -2.26. The predicted molar refractivity (Wildman–Crippen MR) is 91.6 cm³/mol. The Hall–Kier alpha value is -1.76. The fourth-order valence-electron chi connectivity index (χ4n) is 2.27. The number of urea groups is 1. The van der Waals surface area contributed by atoms with Crippen LogP contribution in [0.2, 0.25) is 0 Å². The van der Waals surface area contributed by atoms with Gasteiger partial charge in [-0.1, -0.05) is 12.1 Å². The van der Waals surface area contributed by atoms with Crippen LogP contribution < -0.4 is 10.1 Å². The van der Waals surface area contributed by atoms with Crippen molar-refractivity contribution in [2.24, 2.45) is 0 Å². The van der Waals surface area contributed by atoms with Crippen LogP contribution in [0.3, 0.4) is 0 Å². The molecular formula is C16H26N2O4S. The molecule has 6 nitrogen and oxygen atoms in total. The molecule has 0 saturated heterocycles. The summed E-state index contributed by atoms with van der Waals surface area (Å²) >= 11 is 0. The monoisotopic (exact) mass is 342 g/mol. The van der Waals surface area contributed by atoms with E-state index in [1.165, 1.54) is 11.2 Å². The summed E-state index contributed by atoms with van der Waals surface area (Å²) in [6.45, 7) is 3.62. The van der Waals surface area contributed by atoms with Crippen molar-refractivity contribution >= 4 is 15.9 Å². The largest absolute Gasteiger partial charge is 0.497 e. The first-order valence-electron chi connectivity index (χ1n) is 7.46. The first-order chi connectivity index (χ1) is 10.6. The highest BCUT2D eigenvalue weighted by molar-refractivity contribution is 7.90. The van der Waals surface area contributed by atoms with Crippen LogP contribution in [0.5, 0.6) is 5.75 Å². The third-order valence-corrected chi connectivity index (χ3v) is 4.66. The second-order valence-corrected chi connectivity index (χ2v) is 8.14. The zero-order valence-corrected chi connectivity index (χ0v) is 15.2. The lowest BCUT2D eigenvalue weighted by molar-refractivity contribution is 0.194. The van der Waals surface area contributed by atoms with Gasteiger partial charge in [0.1, 0.15) is 15.6 Å². The molecule has 0 heterocycles. The number of hydrogen-bond acceptors (Lipinski definition) is 4. The van der Waals surface area contributed by atoms with Crippen LogP contribution in [0.15, 0.2) is 24.3 Å². The first kappa shape index (κ1) is 19.3. The summed E-state index contributed by atoms with van der Waals surface area (Å²) in [4.78, 5) is 13.6. The van der Waals surface area contributed by atoms with Gasteiger partial charge in [0.25, 0.3) is 0 Å². The van der Waals surface area contributed by atoms with Gasteiger partial charge in [-0.15, -0.1) is 0 Å². The highest BCUT2D eigenvalue weighted by atomic mass is 32.2. The number of hydrogen-bond donors (Lipinski definition) is 1. The summed E-state index contributed by atoms with van der Waals surface area (Å²) in [5.41, 5.74) is 1.06. The Morgan fingerprint density at radius 1 is 1.35 bits per heavy atom. The number of carbonyl (C=O) groups excluding carboxylic acids is 1. The minimum absolute atomic E-state index is 0.0544. The van der Waals surface area contributed by atoms with E-state index in [4.69, 9.17) is 4.74 Å². The van der Waals surface area contributed by atoms with Gasteiger partial charge in [-0.05, 0) is 38.0 Å². The number of amides is 2. The Morgan fingerprint density at radius 3 is 2.57 bits per heavy atom. The molecule has 130 valence electrons. The molecule has 23 heavy (non-hydrogen) atoms. The molecule has 0 fully saturated rings. The first-order valence-corrected chi connectivity index (χ1v) is 9.52. The van der Waals surface area contributed by atoms with Crippen molar-refractivity contribution in [1.29, 1.82) is 0 Å². The summed E-state index contributed by atoms with van der Waals surface area (Å²) in [6, 6.07) is 6.93. The minimum Gasteiger partial charge on any atom is -0.497 e. The molecule has 1 aromatic carbocycles.